The smallest absolute Gasteiger partial charge is 0.227 e. The van der Waals surface area contributed by atoms with Crippen molar-refractivity contribution in [3.8, 4) is 0 Å². The summed E-state index contributed by atoms with van der Waals surface area (Å²) in [5.74, 6) is 1.44. The van der Waals surface area contributed by atoms with Gasteiger partial charge in [-0.3, -0.25) is 0 Å². The first-order valence-electron chi connectivity index (χ1n) is 9.80. The molecule has 2 heterocycles. The van der Waals surface area contributed by atoms with Gasteiger partial charge in [-0.15, -0.1) is 0 Å². The van der Waals surface area contributed by atoms with E-state index >= 15 is 0 Å². The number of fused-ring (bicyclic) bond motifs is 1. The third-order valence-electron chi connectivity index (χ3n) is 4.87. The van der Waals surface area contributed by atoms with Crippen LogP contribution in [0.5, 0.6) is 0 Å². The number of hydrogen-bond acceptors (Lipinski definition) is 6. The van der Waals surface area contributed by atoms with Crippen LogP contribution < -0.4 is 10.6 Å². The van der Waals surface area contributed by atoms with E-state index in [-0.39, 0.29) is 24.6 Å². The quantitative estimate of drug-likeness (QED) is 0.550. The summed E-state index contributed by atoms with van der Waals surface area (Å²) in [5, 5.41) is 16.3. The van der Waals surface area contributed by atoms with E-state index in [1.807, 2.05) is 4.57 Å². The predicted octanol–water partition coefficient (Wildman–Crippen LogP) is 3.76. The fourth-order valence-corrected chi connectivity index (χ4v) is 2.96. The first-order valence-corrected chi connectivity index (χ1v) is 9.80. The highest BCUT2D eigenvalue weighted by atomic mass is 16.3. The molecular weight excluding hydrogens is 352 g/mol. The summed E-state index contributed by atoms with van der Waals surface area (Å²) in [4.78, 5) is 13.9. The maximum absolute atomic E-state index is 9.67. The first-order chi connectivity index (χ1) is 13.4. The van der Waals surface area contributed by atoms with Gasteiger partial charge < -0.3 is 20.3 Å². The van der Waals surface area contributed by atoms with E-state index in [1.165, 1.54) is 11.1 Å². The highest BCUT2D eigenvalue weighted by Gasteiger charge is 2.18. The number of anilines is 2. The van der Waals surface area contributed by atoms with E-state index < -0.39 is 0 Å². The monoisotopic (exact) mass is 382 g/mol. The zero-order valence-corrected chi connectivity index (χ0v) is 17.3. The molecule has 7 heteroatoms. The zero-order valence-electron chi connectivity index (χ0n) is 17.3. The molecule has 0 radical (unpaired) electrons. The molecule has 0 aliphatic rings. The van der Waals surface area contributed by atoms with Crippen LogP contribution in [-0.4, -0.2) is 37.3 Å². The normalized spacial score (nSPS) is 12.7. The van der Waals surface area contributed by atoms with Crippen LogP contribution in [0.2, 0.25) is 0 Å². The zero-order chi connectivity index (χ0) is 20.3. The van der Waals surface area contributed by atoms with Crippen molar-refractivity contribution in [2.45, 2.75) is 53.2 Å². The van der Waals surface area contributed by atoms with E-state index in [9.17, 15) is 5.11 Å². The van der Waals surface area contributed by atoms with Crippen LogP contribution in [-0.2, 0) is 6.54 Å². The number of nitrogens with one attached hydrogen (secondary N) is 2. The highest BCUT2D eigenvalue weighted by molar-refractivity contribution is 5.84. The van der Waals surface area contributed by atoms with Crippen molar-refractivity contribution in [1.82, 2.24) is 19.5 Å². The third kappa shape index (κ3) is 4.42. The van der Waals surface area contributed by atoms with Crippen LogP contribution >= 0.6 is 0 Å². The molecule has 2 aromatic heterocycles. The minimum Gasteiger partial charge on any atom is -0.394 e. The van der Waals surface area contributed by atoms with Gasteiger partial charge in [0.25, 0.3) is 0 Å². The van der Waals surface area contributed by atoms with Crippen molar-refractivity contribution in [3.05, 3.63) is 41.7 Å². The van der Waals surface area contributed by atoms with E-state index in [0.29, 0.717) is 18.3 Å². The molecule has 0 bridgehead atoms. The number of nitrogens with zero attached hydrogens (tertiary/aromatic N) is 4. The standard InChI is InChI=1S/C21H30N6O/c1-13(2)17(11-28)24-21-25-19(22-10-16-8-6-15(5)7-9-16)18-20(26-21)27(12-23-18)14(3)4/h6-9,12-14,17,28H,10-11H2,1-5H3,(H2,22,24,25,26). The van der Waals surface area contributed by atoms with Gasteiger partial charge in [0.05, 0.1) is 19.0 Å². The van der Waals surface area contributed by atoms with Crippen molar-refractivity contribution >= 4 is 22.9 Å². The minimum absolute atomic E-state index is 0.0225. The molecule has 0 aliphatic heterocycles. The molecule has 3 aromatic rings. The average Bonchev–Trinajstić information content (AvgIpc) is 3.09. The molecule has 0 amide bonds. The van der Waals surface area contributed by atoms with Crippen LogP contribution in [0.1, 0.15) is 44.9 Å². The van der Waals surface area contributed by atoms with Gasteiger partial charge in [0.2, 0.25) is 5.95 Å². The van der Waals surface area contributed by atoms with E-state index in [4.69, 9.17) is 0 Å². The molecule has 150 valence electrons. The van der Waals surface area contributed by atoms with Gasteiger partial charge in [-0.05, 0) is 32.3 Å². The number of aliphatic hydroxyl groups is 1. The highest BCUT2D eigenvalue weighted by Crippen LogP contribution is 2.24. The molecule has 0 fully saturated rings. The summed E-state index contributed by atoms with van der Waals surface area (Å²) in [6.07, 6.45) is 1.80. The Hall–Kier alpha value is -2.67. The third-order valence-corrected chi connectivity index (χ3v) is 4.87. The fraction of sp³-hybridized carbons (Fsp3) is 0.476. The molecule has 28 heavy (non-hydrogen) atoms. The van der Waals surface area contributed by atoms with E-state index in [0.717, 1.165) is 11.2 Å². The molecule has 1 atom stereocenters. The van der Waals surface area contributed by atoms with Crippen molar-refractivity contribution < 1.29 is 5.11 Å². The molecule has 3 N–H and O–H groups in total. The molecule has 0 spiro atoms. The maximum atomic E-state index is 9.67. The van der Waals surface area contributed by atoms with Gasteiger partial charge in [-0.2, -0.15) is 9.97 Å². The molecule has 0 aliphatic carbocycles. The summed E-state index contributed by atoms with van der Waals surface area (Å²) < 4.78 is 2.03. The number of aryl methyl sites for hydroxylation is 1. The number of rotatable bonds is 8. The molecular formula is C21H30N6O. The Labute approximate surface area is 166 Å². The van der Waals surface area contributed by atoms with Crippen LogP contribution in [0.4, 0.5) is 11.8 Å². The summed E-state index contributed by atoms with van der Waals surface area (Å²) in [5.41, 5.74) is 3.93. The maximum Gasteiger partial charge on any atom is 0.227 e. The summed E-state index contributed by atoms with van der Waals surface area (Å²) in [6, 6.07) is 8.53. The number of hydrogen-bond donors (Lipinski definition) is 3. The Morgan fingerprint density at radius 3 is 2.39 bits per heavy atom. The van der Waals surface area contributed by atoms with Gasteiger partial charge in [-0.25, -0.2) is 4.98 Å². The summed E-state index contributed by atoms with van der Waals surface area (Å²) in [6.45, 7) is 11.1. The topological polar surface area (TPSA) is 87.9 Å². The van der Waals surface area contributed by atoms with Crippen LogP contribution in [0.15, 0.2) is 30.6 Å². The molecule has 0 saturated heterocycles. The van der Waals surface area contributed by atoms with Crippen molar-refractivity contribution in [2.75, 3.05) is 17.2 Å². The second-order valence-corrected chi connectivity index (χ2v) is 7.83. The summed E-state index contributed by atoms with van der Waals surface area (Å²) in [7, 11) is 0. The SMILES string of the molecule is Cc1ccc(CNc2nc(NC(CO)C(C)C)nc3c2ncn3C(C)C)cc1. The Morgan fingerprint density at radius 2 is 1.79 bits per heavy atom. The Balaban J connectivity index is 1.95. The van der Waals surface area contributed by atoms with Gasteiger partial charge in [-0.1, -0.05) is 43.7 Å². The van der Waals surface area contributed by atoms with Crippen molar-refractivity contribution in [3.63, 3.8) is 0 Å². The number of aromatic nitrogens is 4. The first kappa shape index (κ1) is 20.1. The lowest BCUT2D eigenvalue weighted by molar-refractivity contribution is 0.248. The molecule has 7 nitrogen and oxygen atoms in total. The Morgan fingerprint density at radius 1 is 1.07 bits per heavy atom. The largest absolute Gasteiger partial charge is 0.394 e. The molecule has 0 saturated carbocycles. The van der Waals surface area contributed by atoms with Gasteiger partial charge in [0.1, 0.15) is 0 Å². The fourth-order valence-electron chi connectivity index (χ4n) is 2.96. The Bertz CT molecular complexity index is 917. The van der Waals surface area contributed by atoms with Crippen LogP contribution in [0, 0.1) is 12.8 Å². The van der Waals surface area contributed by atoms with E-state index in [1.54, 1.807) is 6.33 Å². The number of aliphatic hydroxyl groups excluding tert-OH is 1. The molecule has 3 rings (SSSR count). The number of imidazole rings is 1. The molecule has 1 unspecified atom stereocenters. The van der Waals surface area contributed by atoms with Crippen LogP contribution in [0.25, 0.3) is 11.2 Å². The lowest BCUT2D eigenvalue weighted by Crippen LogP contribution is -2.30. The van der Waals surface area contributed by atoms with Gasteiger partial charge >= 0.3 is 0 Å². The second-order valence-electron chi connectivity index (χ2n) is 7.83. The number of benzene rings is 1. The average molecular weight is 383 g/mol. The molecule has 1 aromatic carbocycles. The van der Waals surface area contributed by atoms with E-state index in [2.05, 4.69) is 84.5 Å². The van der Waals surface area contributed by atoms with Gasteiger partial charge in [0.15, 0.2) is 17.0 Å². The van der Waals surface area contributed by atoms with Crippen molar-refractivity contribution in [2.24, 2.45) is 5.92 Å². The van der Waals surface area contributed by atoms with Crippen molar-refractivity contribution in [1.29, 1.82) is 0 Å². The lowest BCUT2D eigenvalue weighted by Gasteiger charge is -2.20. The minimum atomic E-state index is -0.113. The van der Waals surface area contributed by atoms with Gasteiger partial charge in [0, 0.05) is 12.6 Å². The Kier molecular flexibility index (Phi) is 6.14. The predicted molar refractivity (Wildman–Crippen MR) is 114 cm³/mol. The second kappa shape index (κ2) is 8.56. The lowest BCUT2D eigenvalue weighted by atomic mass is 10.1. The van der Waals surface area contributed by atoms with Crippen LogP contribution in [0.3, 0.4) is 0 Å². The summed E-state index contributed by atoms with van der Waals surface area (Å²) >= 11 is 0.